The maximum atomic E-state index is 12.9. The number of nitrogens with zero attached hydrogens (tertiary/aromatic N) is 2. The molecule has 0 aliphatic rings. The van der Waals surface area contributed by atoms with Crippen LogP contribution in [0.3, 0.4) is 0 Å². The fourth-order valence-electron chi connectivity index (χ4n) is 1.37. The molecular formula is C11H9FN2O2. The molecule has 0 fully saturated rings. The highest BCUT2D eigenvalue weighted by atomic mass is 19.1. The lowest BCUT2D eigenvalue weighted by Crippen LogP contribution is -2.19. The molecule has 4 nitrogen and oxygen atoms in total. The van der Waals surface area contributed by atoms with Gasteiger partial charge in [0.05, 0.1) is 12.6 Å². The van der Waals surface area contributed by atoms with E-state index in [4.69, 9.17) is 5.11 Å². The van der Waals surface area contributed by atoms with E-state index in [0.717, 1.165) is 6.07 Å². The lowest BCUT2D eigenvalue weighted by atomic mass is 10.2. The van der Waals surface area contributed by atoms with Crippen molar-refractivity contribution in [3.05, 3.63) is 58.4 Å². The minimum absolute atomic E-state index is 0.226. The number of hydrogen-bond donors (Lipinski definition) is 1. The molecular weight excluding hydrogens is 211 g/mol. The summed E-state index contributed by atoms with van der Waals surface area (Å²) in [7, 11) is 0. The zero-order valence-corrected chi connectivity index (χ0v) is 8.30. The van der Waals surface area contributed by atoms with E-state index in [9.17, 15) is 9.18 Å². The second-order valence-corrected chi connectivity index (χ2v) is 3.34. The van der Waals surface area contributed by atoms with E-state index in [-0.39, 0.29) is 23.8 Å². The van der Waals surface area contributed by atoms with Crippen LogP contribution in [0.25, 0.3) is 0 Å². The van der Waals surface area contributed by atoms with Crippen LogP contribution in [-0.2, 0) is 6.54 Å². The Balaban J connectivity index is 2.31. The summed E-state index contributed by atoms with van der Waals surface area (Å²) in [4.78, 5) is 15.0. The highest BCUT2D eigenvalue weighted by molar-refractivity contribution is 5.17. The molecule has 1 N–H and O–H groups in total. The van der Waals surface area contributed by atoms with Gasteiger partial charge >= 0.3 is 0 Å². The van der Waals surface area contributed by atoms with Crippen molar-refractivity contribution in [1.82, 2.24) is 9.55 Å². The van der Waals surface area contributed by atoms with E-state index in [2.05, 4.69) is 4.98 Å². The van der Waals surface area contributed by atoms with Crippen molar-refractivity contribution in [1.29, 1.82) is 0 Å². The first kappa shape index (κ1) is 10.4. The monoisotopic (exact) mass is 220 g/mol. The van der Waals surface area contributed by atoms with E-state index < -0.39 is 0 Å². The summed E-state index contributed by atoms with van der Waals surface area (Å²) in [5.41, 5.74) is 0.284. The fourth-order valence-corrected chi connectivity index (χ4v) is 1.37. The first-order valence-corrected chi connectivity index (χ1v) is 4.65. The van der Waals surface area contributed by atoms with Crippen molar-refractivity contribution in [3.8, 4) is 5.88 Å². The van der Waals surface area contributed by atoms with Gasteiger partial charge in [-0.1, -0.05) is 12.1 Å². The number of benzene rings is 1. The SMILES string of the molecule is O=c1cc(O)ncn1Cc1cccc(F)c1. The third-order valence-electron chi connectivity index (χ3n) is 2.11. The Labute approximate surface area is 90.6 Å². The number of rotatable bonds is 2. The predicted molar refractivity (Wildman–Crippen MR) is 55.7 cm³/mol. The van der Waals surface area contributed by atoms with Gasteiger partial charge in [-0.25, -0.2) is 9.37 Å². The maximum Gasteiger partial charge on any atom is 0.257 e. The molecule has 2 aromatic rings. The molecule has 0 aliphatic carbocycles. The Hall–Kier alpha value is -2.17. The molecule has 0 radical (unpaired) electrons. The van der Waals surface area contributed by atoms with Crippen molar-refractivity contribution in [2.24, 2.45) is 0 Å². The van der Waals surface area contributed by atoms with Crippen LogP contribution in [-0.4, -0.2) is 14.7 Å². The van der Waals surface area contributed by atoms with E-state index in [1.165, 1.54) is 23.0 Å². The predicted octanol–water partition coefficient (Wildman–Crippen LogP) is 1.14. The van der Waals surface area contributed by atoms with Gasteiger partial charge in [-0.2, -0.15) is 0 Å². The van der Waals surface area contributed by atoms with Gasteiger partial charge in [-0.15, -0.1) is 0 Å². The molecule has 0 aliphatic heterocycles. The molecule has 16 heavy (non-hydrogen) atoms. The summed E-state index contributed by atoms with van der Waals surface area (Å²) >= 11 is 0. The molecule has 0 unspecified atom stereocenters. The molecule has 0 bridgehead atoms. The maximum absolute atomic E-state index is 12.9. The standard InChI is InChI=1S/C11H9FN2O2/c12-9-3-1-2-8(4-9)6-14-7-13-10(15)5-11(14)16/h1-5,7,15H,6H2. The number of hydrogen-bond acceptors (Lipinski definition) is 3. The van der Waals surface area contributed by atoms with E-state index >= 15 is 0 Å². The van der Waals surface area contributed by atoms with E-state index in [1.54, 1.807) is 12.1 Å². The third-order valence-corrected chi connectivity index (χ3v) is 2.11. The lowest BCUT2D eigenvalue weighted by molar-refractivity contribution is 0.446. The lowest BCUT2D eigenvalue weighted by Gasteiger charge is -2.04. The van der Waals surface area contributed by atoms with Crippen LogP contribution in [0.15, 0.2) is 41.5 Å². The van der Waals surface area contributed by atoms with Gasteiger partial charge in [0, 0.05) is 0 Å². The summed E-state index contributed by atoms with van der Waals surface area (Å²) in [6.07, 6.45) is 1.22. The molecule has 0 saturated carbocycles. The first-order valence-electron chi connectivity index (χ1n) is 4.65. The summed E-state index contributed by atoms with van der Waals surface area (Å²) in [6.45, 7) is 0.226. The highest BCUT2D eigenvalue weighted by Gasteiger charge is 2.00. The first-order chi connectivity index (χ1) is 7.65. The molecule has 2 rings (SSSR count). The second kappa shape index (κ2) is 4.14. The molecule has 0 amide bonds. The largest absolute Gasteiger partial charge is 0.493 e. The van der Waals surface area contributed by atoms with Crippen LogP contribution in [0.5, 0.6) is 5.88 Å². The Morgan fingerprint density at radius 3 is 2.88 bits per heavy atom. The topological polar surface area (TPSA) is 55.1 Å². The molecule has 1 heterocycles. The van der Waals surface area contributed by atoms with E-state index in [1.807, 2.05) is 0 Å². The summed E-state index contributed by atoms with van der Waals surface area (Å²) < 4.78 is 14.2. The Morgan fingerprint density at radius 2 is 2.19 bits per heavy atom. The van der Waals surface area contributed by atoms with Crippen LogP contribution in [0.2, 0.25) is 0 Å². The zero-order chi connectivity index (χ0) is 11.5. The van der Waals surface area contributed by atoms with Gasteiger partial charge in [0.1, 0.15) is 12.1 Å². The number of halogens is 1. The summed E-state index contributed by atoms with van der Waals surface area (Å²) in [5, 5.41) is 8.96. The molecule has 0 atom stereocenters. The van der Waals surface area contributed by atoms with Gasteiger partial charge in [-0.05, 0) is 17.7 Å². The summed E-state index contributed by atoms with van der Waals surface area (Å²) in [5.74, 6) is -0.669. The van der Waals surface area contributed by atoms with Crippen molar-refractivity contribution in [2.45, 2.75) is 6.54 Å². The van der Waals surface area contributed by atoms with Crippen molar-refractivity contribution in [2.75, 3.05) is 0 Å². The Kier molecular flexibility index (Phi) is 2.68. The van der Waals surface area contributed by atoms with Gasteiger partial charge in [0.15, 0.2) is 0 Å². The minimum atomic E-state index is -0.378. The van der Waals surface area contributed by atoms with Crippen LogP contribution in [0.1, 0.15) is 5.56 Å². The Bertz CT molecular complexity index is 566. The van der Waals surface area contributed by atoms with Crippen molar-refractivity contribution < 1.29 is 9.50 Å². The van der Waals surface area contributed by atoms with Crippen molar-refractivity contribution in [3.63, 3.8) is 0 Å². The number of aromatic nitrogens is 2. The minimum Gasteiger partial charge on any atom is -0.493 e. The molecule has 1 aromatic heterocycles. The second-order valence-electron chi connectivity index (χ2n) is 3.34. The van der Waals surface area contributed by atoms with Crippen molar-refractivity contribution >= 4 is 0 Å². The highest BCUT2D eigenvalue weighted by Crippen LogP contribution is 2.05. The van der Waals surface area contributed by atoms with Gasteiger partial charge in [-0.3, -0.25) is 9.36 Å². The van der Waals surface area contributed by atoms with Gasteiger partial charge in [0.25, 0.3) is 5.56 Å². The molecule has 82 valence electrons. The molecule has 1 aromatic carbocycles. The molecule has 0 spiro atoms. The van der Waals surface area contributed by atoms with Gasteiger partial charge in [0.2, 0.25) is 5.88 Å². The normalized spacial score (nSPS) is 10.3. The van der Waals surface area contributed by atoms with Crippen LogP contribution in [0.4, 0.5) is 4.39 Å². The Morgan fingerprint density at radius 1 is 1.38 bits per heavy atom. The number of aromatic hydroxyl groups is 1. The quantitative estimate of drug-likeness (QED) is 0.825. The zero-order valence-electron chi connectivity index (χ0n) is 8.30. The smallest absolute Gasteiger partial charge is 0.257 e. The van der Waals surface area contributed by atoms with E-state index in [0.29, 0.717) is 5.56 Å². The van der Waals surface area contributed by atoms with Crippen LogP contribution in [0, 0.1) is 5.82 Å². The molecule has 0 saturated heterocycles. The van der Waals surface area contributed by atoms with Gasteiger partial charge < -0.3 is 5.11 Å². The fraction of sp³-hybridized carbons (Fsp3) is 0.0909. The summed E-state index contributed by atoms with van der Waals surface area (Å²) in [6, 6.07) is 6.98. The third kappa shape index (κ3) is 2.25. The molecule has 5 heteroatoms. The van der Waals surface area contributed by atoms with Crippen LogP contribution >= 0.6 is 0 Å². The average Bonchev–Trinajstić information content (AvgIpc) is 2.22. The average molecular weight is 220 g/mol. The van der Waals surface area contributed by atoms with Crippen LogP contribution < -0.4 is 5.56 Å².